The van der Waals surface area contributed by atoms with Gasteiger partial charge < -0.3 is 10.2 Å². The van der Waals surface area contributed by atoms with E-state index in [0.29, 0.717) is 6.04 Å². The first-order valence-corrected chi connectivity index (χ1v) is 10.8. The first kappa shape index (κ1) is 17.6. The molecule has 3 heterocycles. The van der Waals surface area contributed by atoms with Crippen molar-refractivity contribution in [2.75, 3.05) is 31.1 Å². The van der Waals surface area contributed by atoms with E-state index < -0.39 is 0 Å². The minimum absolute atomic E-state index is 0.0266. The van der Waals surface area contributed by atoms with Crippen molar-refractivity contribution >= 4 is 34.0 Å². The van der Waals surface area contributed by atoms with Crippen LogP contribution in [0.2, 0.25) is 0 Å². The lowest BCUT2D eigenvalue weighted by Crippen LogP contribution is -2.46. The summed E-state index contributed by atoms with van der Waals surface area (Å²) in [5.41, 5.74) is 1.63. The standard InChI is InChI=1S/C22H24N4OS/c27-22(23-16-7-8-16)19-14-21(24-20-6-2-1-5-18(19)20)26-11-9-25(10-12-26)15-17-4-3-13-28-17/h1-6,13-14,16H,7-12,15H2,(H,23,27). The monoisotopic (exact) mass is 392 g/mol. The topological polar surface area (TPSA) is 48.5 Å². The highest BCUT2D eigenvalue weighted by Crippen LogP contribution is 2.26. The third-order valence-electron chi connectivity index (χ3n) is 5.52. The largest absolute Gasteiger partial charge is 0.354 e. The van der Waals surface area contributed by atoms with Crippen molar-refractivity contribution in [3.8, 4) is 0 Å². The highest BCUT2D eigenvalue weighted by molar-refractivity contribution is 7.09. The Morgan fingerprint density at radius 1 is 1.11 bits per heavy atom. The molecule has 1 saturated carbocycles. The van der Waals surface area contributed by atoms with E-state index in [1.165, 1.54) is 4.88 Å². The highest BCUT2D eigenvalue weighted by Gasteiger charge is 2.26. The van der Waals surface area contributed by atoms with Crippen molar-refractivity contribution in [2.24, 2.45) is 0 Å². The zero-order chi connectivity index (χ0) is 18.9. The molecule has 144 valence electrons. The molecule has 3 aromatic rings. The maximum absolute atomic E-state index is 12.8. The van der Waals surface area contributed by atoms with Gasteiger partial charge in [-0.1, -0.05) is 24.3 Å². The normalized spacial score (nSPS) is 17.8. The average molecular weight is 393 g/mol. The molecule has 0 radical (unpaired) electrons. The second kappa shape index (κ2) is 7.53. The summed E-state index contributed by atoms with van der Waals surface area (Å²) in [6.07, 6.45) is 2.18. The van der Waals surface area contributed by atoms with Crippen LogP contribution in [0.4, 0.5) is 5.82 Å². The van der Waals surface area contributed by atoms with Gasteiger partial charge in [0.05, 0.1) is 11.1 Å². The summed E-state index contributed by atoms with van der Waals surface area (Å²) in [6.45, 7) is 4.90. The second-order valence-electron chi connectivity index (χ2n) is 7.64. The van der Waals surface area contributed by atoms with Gasteiger partial charge in [0.15, 0.2) is 0 Å². The number of aromatic nitrogens is 1. The summed E-state index contributed by atoms with van der Waals surface area (Å²) in [6, 6.07) is 14.6. The number of benzene rings is 1. The van der Waals surface area contributed by atoms with Crippen molar-refractivity contribution in [1.82, 2.24) is 15.2 Å². The quantitative estimate of drug-likeness (QED) is 0.722. The number of nitrogens with one attached hydrogen (secondary N) is 1. The molecule has 0 unspecified atom stereocenters. The number of fused-ring (bicyclic) bond motifs is 1. The molecule has 5 nitrogen and oxygen atoms in total. The predicted molar refractivity (Wildman–Crippen MR) is 114 cm³/mol. The molecule has 0 spiro atoms. The predicted octanol–water partition coefficient (Wildman–Crippen LogP) is 3.51. The number of pyridine rings is 1. The number of piperazine rings is 1. The number of hydrogen-bond acceptors (Lipinski definition) is 5. The lowest BCUT2D eigenvalue weighted by Gasteiger charge is -2.35. The molecule has 2 aliphatic rings. The number of thiophene rings is 1. The molecule has 0 atom stereocenters. The number of nitrogens with zero attached hydrogens (tertiary/aromatic N) is 3. The fraction of sp³-hybridized carbons (Fsp3) is 0.364. The van der Waals surface area contributed by atoms with Gasteiger partial charge in [0.1, 0.15) is 5.82 Å². The molecule has 5 rings (SSSR count). The Balaban J connectivity index is 1.36. The number of carbonyl (C=O) groups is 1. The first-order valence-electron chi connectivity index (χ1n) is 9.96. The number of para-hydroxylation sites is 1. The number of carbonyl (C=O) groups excluding carboxylic acids is 1. The Morgan fingerprint density at radius 2 is 1.93 bits per heavy atom. The van der Waals surface area contributed by atoms with Gasteiger partial charge in [-0.2, -0.15) is 0 Å². The van der Waals surface area contributed by atoms with Crippen molar-refractivity contribution in [3.05, 3.63) is 58.3 Å². The van der Waals surface area contributed by atoms with E-state index in [-0.39, 0.29) is 5.91 Å². The van der Waals surface area contributed by atoms with Gasteiger partial charge in [-0.05, 0) is 36.4 Å². The number of rotatable bonds is 5. The molecule has 6 heteroatoms. The fourth-order valence-corrected chi connectivity index (χ4v) is 4.51. The van der Waals surface area contributed by atoms with Crippen LogP contribution in [0, 0.1) is 0 Å². The zero-order valence-electron chi connectivity index (χ0n) is 15.8. The van der Waals surface area contributed by atoms with Crippen molar-refractivity contribution in [3.63, 3.8) is 0 Å². The Kier molecular flexibility index (Phi) is 4.74. The smallest absolute Gasteiger partial charge is 0.252 e. The number of anilines is 1. The summed E-state index contributed by atoms with van der Waals surface area (Å²) < 4.78 is 0. The third-order valence-corrected chi connectivity index (χ3v) is 6.38. The summed E-state index contributed by atoms with van der Waals surface area (Å²) in [7, 11) is 0. The summed E-state index contributed by atoms with van der Waals surface area (Å²) >= 11 is 1.82. The number of hydrogen-bond donors (Lipinski definition) is 1. The summed E-state index contributed by atoms with van der Waals surface area (Å²) in [5, 5.41) is 6.20. The van der Waals surface area contributed by atoms with E-state index in [1.807, 2.05) is 41.7 Å². The van der Waals surface area contributed by atoms with Gasteiger partial charge in [0, 0.05) is 49.0 Å². The van der Waals surface area contributed by atoms with E-state index in [1.54, 1.807) is 0 Å². The zero-order valence-corrected chi connectivity index (χ0v) is 16.6. The van der Waals surface area contributed by atoms with Crippen LogP contribution in [0.15, 0.2) is 47.8 Å². The average Bonchev–Trinajstić information content (AvgIpc) is 3.39. The van der Waals surface area contributed by atoms with Crippen LogP contribution in [0.1, 0.15) is 28.1 Å². The Labute approximate surface area is 169 Å². The van der Waals surface area contributed by atoms with Gasteiger partial charge >= 0.3 is 0 Å². The van der Waals surface area contributed by atoms with Crippen LogP contribution in [0.5, 0.6) is 0 Å². The van der Waals surface area contributed by atoms with E-state index >= 15 is 0 Å². The second-order valence-corrected chi connectivity index (χ2v) is 8.67. The van der Waals surface area contributed by atoms with Crippen LogP contribution in [0.25, 0.3) is 10.9 Å². The third kappa shape index (κ3) is 3.75. The fourth-order valence-electron chi connectivity index (χ4n) is 3.76. The van der Waals surface area contributed by atoms with Gasteiger partial charge in [-0.3, -0.25) is 9.69 Å². The Hall–Kier alpha value is -2.44. The van der Waals surface area contributed by atoms with Crippen LogP contribution in [-0.2, 0) is 6.54 Å². The molecule has 1 aromatic carbocycles. The molecule has 1 amide bonds. The molecule has 1 aliphatic carbocycles. The Morgan fingerprint density at radius 3 is 2.68 bits per heavy atom. The van der Waals surface area contributed by atoms with Gasteiger partial charge in [-0.25, -0.2) is 4.98 Å². The first-order chi connectivity index (χ1) is 13.8. The van der Waals surface area contributed by atoms with Crippen LogP contribution >= 0.6 is 11.3 Å². The molecule has 0 bridgehead atoms. The molecule has 1 aliphatic heterocycles. The van der Waals surface area contributed by atoms with Gasteiger partial charge in [0.2, 0.25) is 0 Å². The van der Waals surface area contributed by atoms with Crippen LogP contribution in [-0.4, -0.2) is 48.0 Å². The van der Waals surface area contributed by atoms with Gasteiger partial charge in [0.25, 0.3) is 5.91 Å². The molecule has 2 fully saturated rings. The lowest BCUT2D eigenvalue weighted by atomic mass is 10.1. The molecule has 28 heavy (non-hydrogen) atoms. The minimum atomic E-state index is 0.0266. The van der Waals surface area contributed by atoms with E-state index in [0.717, 1.165) is 67.8 Å². The van der Waals surface area contributed by atoms with Crippen molar-refractivity contribution < 1.29 is 4.79 Å². The number of amides is 1. The summed E-state index contributed by atoms with van der Waals surface area (Å²) in [5.74, 6) is 0.939. The molecule has 1 N–H and O–H groups in total. The minimum Gasteiger partial charge on any atom is -0.354 e. The highest BCUT2D eigenvalue weighted by atomic mass is 32.1. The SMILES string of the molecule is O=C(NC1CC1)c1cc(N2CCN(Cc3cccs3)CC2)nc2ccccc12. The van der Waals surface area contributed by atoms with E-state index in [2.05, 4.69) is 32.6 Å². The van der Waals surface area contributed by atoms with E-state index in [4.69, 9.17) is 4.98 Å². The van der Waals surface area contributed by atoms with Crippen LogP contribution in [0.3, 0.4) is 0 Å². The van der Waals surface area contributed by atoms with Crippen molar-refractivity contribution in [2.45, 2.75) is 25.4 Å². The molecule has 1 saturated heterocycles. The Bertz CT molecular complexity index is 975. The maximum atomic E-state index is 12.8. The molecule has 2 aromatic heterocycles. The summed E-state index contributed by atoms with van der Waals surface area (Å²) in [4.78, 5) is 23.9. The lowest BCUT2D eigenvalue weighted by molar-refractivity contribution is 0.0952. The molecular formula is C22H24N4OS. The van der Waals surface area contributed by atoms with Crippen LogP contribution < -0.4 is 10.2 Å². The van der Waals surface area contributed by atoms with E-state index in [9.17, 15) is 4.79 Å². The molecular weight excluding hydrogens is 368 g/mol. The van der Waals surface area contributed by atoms with Crippen molar-refractivity contribution in [1.29, 1.82) is 0 Å². The maximum Gasteiger partial charge on any atom is 0.252 e. The van der Waals surface area contributed by atoms with Gasteiger partial charge in [-0.15, -0.1) is 11.3 Å².